The molecule has 0 spiro atoms. The molecule has 66 valence electrons. The first-order valence-corrected chi connectivity index (χ1v) is 5.46. The highest BCUT2D eigenvalue weighted by Crippen LogP contribution is 1.97. The van der Waals surface area contributed by atoms with Crippen molar-refractivity contribution in [2.24, 2.45) is 0 Å². The molecule has 0 heterocycles. The number of hydrogen-bond donors (Lipinski definition) is 1. The largest absolute Gasteiger partial charge is 0.356 e. The van der Waals surface area contributed by atoms with Crippen molar-refractivity contribution in [1.82, 2.24) is 5.32 Å². The Morgan fingerprint density at radius 3 is 2.73 bits per heavy atom. The molecule has 1 N–H and O–H groups in total. The highest BCUT2D eigenvalue weighted by Gasteiger charge is 1.93. The maximum atomic E-state index is 10.7. The molecule has 11 heavy (non-hydrogen) atoms. The number of unbranched alkanes of at least 4 members (excludes halogenated alkanes) is 1. The Bertz CT molecular complexity index is 106. The van der Waals surface area contributed by atoms with Crippen molar-refractivity contribution >= 4 is 17.7 Å². The van der Waals surface area contributed by atoms with Gasteiger partial charge in [0.25, 0.3) is 0 Å². The van der Waals surface area contributed by atoms with E-state index in [-0.39, 0.29) is 5.91 Å². The van der Waals surface area contributed by atoms with E-state index in [1.54, 1.807) is 0 Å². The SMILES string of the molecule is CCC(=O)NCCCCSC. The molecule has 0 aromatic heterocycles. The molecule has 0 aliphatic heterocycles. The fraction of sp³-hybridized carbons (Fsp3) is 0.875. The van der Waals surface area contributed by atoms with Crippen LogP contribution in [-0.4, -0.2) is 24.5 Å². The van der Waals surface area contributed by atoms with Gasteiger partial charge in [0.15, 0.2) is 0 Å². The van der Waals surface area contributed by atoms with Crippen LogP contribution < -0.4 is 5.32 Å². The van der Waals surface area contributed by atoms with Crippen molar-refractivity contribution in [2.75, 3.05) is 18.6 Å². The minimum Gasteiger partial charge on any atom is -0.356 e. The lowest BCUT2D eigenvalue weighted by molar-refractivity contribution is -0.120. The third kappa shape index (κ3) is 7.72. The minimum absolute atomic E-state index is 0.161. The van der Waals surface area contributed by atoms with Gasteiger partial charge >= 0.3 is 0 Å². The van der Waals surface area contributed by atoms with E-state index in [4.69, 9.17) is 0 Å². The van der Waals surface area contributed by atoms with E-state index in [1.165, 1.54) is 12.2 Å². The van der Waals surface area contributed by atoms with E-state index in [9.17, 15) is 4.79 Å². The molecule has 0 aromatic carbocycles. The highest BCUT2D eigenvalue weighted by molar-refractivity contribution is 7.98. The zero-order valence-corrected chi connectivity index (χ0v) is 8.17. The number of carbonyl (C=O) groups excluding carboxylic acids is 1. The van der Waals surface area contributed by atoms with Crippen LogP contribution in [0.25, 0.3) is 0 Å². The Hall–Kier alpha value is -0.180. The summed E-state index contributed by atoms with van der Waals surface area (Å²) in [5.74, 6) is 1.36. The number of thioether (sulfide) groups is 1. The van der Waals surface area contributed by atoms with E-state index in [0.717, 1.165) is 13.0 Å². The maximum Gasteiger partial charge on any atom is 0.219 e. The zero-order chi connectivity index (χ0) is 8.53. The molecule has 1 amide bonds. The number of hydrogen-bond acceptors (Lipinski definition) is 2. The second kappa shape index (κ2) is 7.92. The van der Waals surface area contributed by atoms with Gasteiger partial charge in [-0.2, -0.15) is 11.8 Å². The lowest BCUT2D eigenvalue weighted by atomic mass is 10.3. The Morgan fingerprint density at radius 2 is 2.18 bits per heavy atom. The number of rotatable bonds is 6. The highest BCUT2D eigenvalue weighted by atomic mass is 32.2. The van der Waals surface area contributed by atoms with Gasteiger partial charge in [-0.3, -0.25) is 4.79 Å². The molecular weight excluding hydrogens is 158 g/mol. The Morgan fingerprint density at radius 1 is 1.45 bits per heavy atom. The average Bonchev–Trinajstić information content (AvgIpc) is 2.04. The Balaban J connectivity index is 2.95. The zero-order valence-electron chi connectivity index (χ0n) is 7.35. The van der Waals surface area contributed by atoms with Crippen LogP contribution >= 0.6 is 11.8 Å². The van der Waals surface area contributed by atoms with Crippen LogP contribution in [0.3, 0.4) is 0 Å². The lowest BCUT2D eigenvalue weighted by Crippen LogP contribution is -2.23. The van der Waals surface area contributed by atoms with Gasteiger partial charge in [-0.15, -0.1) is 0 Å². The van der Waals surface area contributed by atoms with Crippen LogP contribution in [0.4, 0.5) is 0 Å². The third-order valence-corrected chi connectivity index (χ3v) is 2.12. The summed E-state index contributed by atoms with van der Waals surface area (Å²) in [6.07, 6.45) is 5.00. The first-order chi connectivity index (χ1) is 5.31. The summed E-state index contributed by atoms with van der Waals surface area (Å²) >= 11 is 1.85. The van der Waals surface area contributed by atoms with Crippen LogP contribution in [0.5, 0.6) is 0 Å². The minimum atomic E-state index is 0.161. The van der Waals surface area contributed by atoms with Crippen molar-refractivity contribution in [2.45, 2.75) is 26.2 Å². The summed E-state index contributed by atoms with van der Waals surface area (Å²) < 4.78 is 0. The van der Waals surface area contributed by atoms with Gasteiger partial charge in [-0.25, -0.2) is 0 Å². The smallest absolute Gasteiger partial charge is 0.219 e. The summed E-state index contributed by atoms with van der Waals surface area (Å²) in [6, 6.07) is 0. The van der Waals surface area contributed by atoms with Crippen molar-refractivity contribution in [3.05, 3.63) is 0 Å². The van der Waals surface area contributed by atoms with Gasteiger partial charge in [-0.05, 0) is 24.9 Å². The van der Waals surface area contributed by atoms with E-state index < -0.39 is 0 Å². The molecule has 0 atom stereocenters. The van der Waals surface area contributed by atoms with Crippen LogP contribution in [0.1, 0.15) is 26.2 Å². The molecule has 0 fully saturated rings. The molecule has 3 heteroatoms. The fourth-order valence-corrected chi connectivity index (χ4v) is 1.22. The molecule has 0 aliphatic carbocycles. The predicted molar refractivity (Wildman–Crippen MR) is 50.9 cm³/mol. The predicted octanol–water partition coefficient (Wildman–Crippen LogP) is 1.66. The summed E-state index contributed by atoms with van der Waals surface area (Å²) in [5, 5.41) is 2.84. The molecule has 0 saturated carbocycles. The third-order valence-electron chi connectivity index (χ3n) is 1.42. The normalized spacial score (nSPS) is 9.64. The van der Waals surface area contributed by atoms with E-state index >= 15 is 0 Å². The van der Waals surface area contributed by atoms with Gasteiger partial charge in [0.2, 0.25) is 5.91 Å². The summed E-state index contributed by atoms with van der Waals surface area (Å²) in [6.45, 7) is 2.71. The van der Waals surface area contributed by atoms with Crippen LogP contribution in [0.2, 0.25) is 0 Å². The van der Waals surface area contributed by atoms with Crippen LogP contribution in [0, 0.1) is 0 Å². The van der Waals surface area contributed by atoms with Crippen molar-refractivity contribution < 1.29 is 4.79 Å². The Labute approximate surface area is 73.1 Å². The molecule has 0 bridgehead atoms. The van der Waals surface area contributed by atoms with E-state index in [0.29, 0.717) is 6.42 Å². The monoisotopic (exact) mass is 175 g/mol. The lowest BCUT2D eigenvalue weighted by Gasteiger charge is -2.01. The van der Waals surface area contributed by atoms with Crippen molar-refractivity contribution in [3.63, 3.8) is 0 Å². The second-order valence-corrected chi connectivity index (χ2v) is 3.39. The fourth-order valence-electron chi connectivity index (χ4n) is 0.724. The molecule has 0 saturated heterocycles. The standard InChI is InChI=1S/C8H17NOS/c1-3-8(10)9-6-4-5-7-11-2/h3-7H2,1-2H3,(H,9,10). The summed E-state index contributed by atoms with van der Waals surface area (Å²) in [7, 11) is 0. The molecule has 0 aliphatic rings. The molecular formula is C8H17NOS. The Kier molecular flexibility index (Phi) is 7.79. The molecule has 0 rings (SSSR count). The topological polar surface area (TPSA) is 29.1 Å². The van der Waals surface area contributed by atoms with Crippen molar-refractivity contribution in [3.8, 4) is 0 Å². The van der Waals surface area contributed by atoms with Gasteiger partial charge in [0.1, 0.15) is 0 Å². The second-order valence-electron chi connectivity index (χ2n) is 2.40. The van der Waals surface area contributed by atoms with Crippen molar-refractivity contribution in [1.29, 1.82) is 0 Å². The first kappa shape index (κ1) is 10.8. The summed E-state index contributed by atoms with van der Waals surface area (Å²) in [4.78, 5) is 10.7. The van der Waals surface area contributed by atoms with E-state index in [1.807, 2.05) is 18.7 Å². The van der Waals surface area contributed by atoms with Gasteiger partial charge in [0, 0.05) is 13.0 Å². The van der Waals surface area contributed by atoms with Gasteiger partial charge in [0.05, 0.1) is 0 Å². The van der Waals surface area contributed by atoms with Crippen LogP contribution in [-0.2, 0) is 4.79 Å². The van der Waals surface area contributed by atoms with Gasteiger partial charge < -0.3 is 5.32 Å². The number of carbonyl (C=O) groups is 1. The average molecular weight is 175 g/mol. The van der Waals surface area contributed by atoms with Gasteiger partial charge in [-0.1, -0.05) is 6.92 Å². The van der Waals surface area contributed by atoms with E-state index in [2.05, 4.69) is 11.6 Å². The number of amides is 1. The van der Waals surface area contributed by atoms with Crippen LogP contribution in [0.15, 0.2) is 0 Å². The number of nitrogens with one attached hydrogen (secondary N) is 1. The molecule has 0 aromatic rings. The summed E-state index contributed by atoms with van der Waals surface area (Å²) in [5.41, 5.74) is 0. The molecule has 0 unspecified atom stereocenters. The maximum absolute atomic E-state index is 10.7. The molecule has 2 nitrogen and oxygen atoms in total. The molecule has 0 radical (unpaired) electrons. The quantitative estimate of drug-likeness (QED) is 0.622. The first-order valence-electron chi connectivity index (χ1n) is 4.07.